The van der Waals surface area contributed by atoms with Gasteiger partial charge in [0.05, 0.1) is 41.1 Å². The Bertz CT molecular complexity index is 1860. The zero-order chi connectivity index (χ0) is 29.3. The van der Waals surface area contributed by atoms with Crippen LogP contribution in [0.1, 0.15) is 36.9 Å². The van der Waals surface area contributed by atoms with Crippen molar-refractivity contribution in [3.8, 4) is 11.5 Å². The highest BCUT2D eigenvalue weighted by Gasteiger charge is 2.35. The normalized spacial score (nSPS) is 15.0. The standard InChI is InChI=1S/C28H25BrN4O6S2/c1-6-38-25(35)22-15(3)32-28-33(23(22)18-11-16(36-4)7-8-20(18)37-5)24(34)21(40-28)13-17-12-19(29)26(39-17)41-27-30-10-9-14(2)31-27/h7-13,23H,6H2,1-5H3/b21-13+/t23-/m0/s1. The molecule has 0 fully saturated rings. The van der Waals surface area contributed by atoms with Crippen molar-refractivity contribution in [1.29, 1.82) is 0 Å². The van der Waals surface area contributed by atoms with Crippen LogP contribution in [-0.4, -0.2) is 41.3 Å². The zero-order valence-electron chi connectivity index (χ0n) is 22.8. The molecule has 1 aliphatic heterocycles. The summed E-state index contributed by atoms with van der Waals surface area (Å²) in [7, 11) is 3.07. The van der Waals surface area contributed by atoms with Crippen molar-refractivity contribution in [2.45, 2.75) is 37.1 Å². The van der Waals surface area contributed by atoms with Gasteiger partial charge in [-0.2, -0.15) is 0 Å². The van der Waals surface area contributed by atoms with E-state index in [0.717, 1.165) is 5.69 Å². The lowest BCUT2D eigenvalue weighted by Gasteiger charge is -2.26. The van der Waals surface area contributed by atoms with Crippen LogP contribution in [0.15, 0.2) is 76.7 Å². The minimum absolute atomic E-state index is 0.170. The first-order valence-electron chi connectivity index (χ1n) is 12.4. The molecule has 212 valence electrons. The molecule has 4 aromatic rings. The van der Waals surface area contributed by atoms with Crippen LogP contribution in [0, 0.1) is 6.92 Å². The summed E-state index contributed by atoms with van der Waals surface area (Å²) in [5.41, 5.74) is 1.75. The summed E-state index contributed by atoms with van der Waals surface area (Å²) in [4.78, 5) is 40.9. The molecule has 0 saturated heterocycles. The predicted octanol–water partition coefficient (Wildman–Crippen LogP) is 4.42. The fourth-order valence-electron chi connectivity index (χ4n) is 4.34. The van der Waals surface area contributed by atoms with E-state index in [2.05, 4.69) is 30.9 Å². The molecule has 4 heterocycles. The number of aryl methyl sites for hydroxylation is 1. The predicted molar refractivity (Wildman–Crippen MR) is 157 cm³/mol. The Morgan fingerprint density at radius 2 is 2.02 bits per heavy atom. The molecule has 1 aromatic carbocycles. The van der Waals surface area contributed by atoms with Gasteiger partial charge in [-0.25, -0.2) is 19.8 Å². The third-order valence-electron chi connectivity index (χ3n) is 6.15. The lowest BCUT2D eigenvalue weighted by molar-refractivity contribution is -0.139. The van der Waals surface area contributed by atoms with Crippen molar-refractivity contribution >= 4 is 51.1 Å². The first-order chi connectivity index (χ1) is 19.7. The number of carbonyl (C=O) groups excluding carboxylic acids is 1. The molecule has 0 saturated carbocycles. The van der Waals surface area contributed by atoms with Crippen LogP contribution in [0.2, 0.25) is 0 Å². The second-order valence-electron chi connectivity index (χ2n) is 8.78. The van der Waals surface area contributed by atoms with Gasteiger partial charge in [-0.15, -0.1) is 0 Å². The zero-order valence-corrected chi connectivity index (χ0v) is 26.0. The number of nitrogens with zero attached hydrogens (tertiary/aromatic N) is 4. The third-order valence-corrected chi connectivity index (χ3v) is 8.86. The van der Waals surface area contributed by atoms with Crippen molar-refractivity contribution < 1.29 is 23.4 Å². The Morgan fingerprint density at radius 3 is 2.73 bits per heavy atom. The summed E-state index contributed by atoms with van der Waals surface area (Å²) in [6.45, 7) is 5.51. The van der Waals surface area contributed by atoms with E-state index in [4.69, 9.17) is 18.6 Å². The molecular formula is C28H25BrN4O6S2. The number of benzene rings is 1. The highest BCUT2D eigenvalue weighted by molar-refractivity contribution is 9.10. The van der Waals surface area contributed by atoms with E-state index in [0.29, 0.717) is 52.6 Å². The maximum absolute atomic E-state index is 14.0. The first kappa shape index (κ1) is 28.8. The number of aromatic nitrogens is 3. The molecule has 0 radical (unpaired) electrons. The molecule has 0 bridgehead atoms. The van der Waals surface area contributed by atoms with Crippen molar-refractivity contribution in [2.75, 3.05) is 20.8 Å². The van der Waals surface area contributed by atoms with Crippen molar-refractivity contribution in [1.82, 2.24) is 14.5 Å². The van der Waals surface area contributed by atoms with Gasteiger partial charge >= 0.3 is 5.97 Å². The van der Waals surface area contributed by atoms with Gasteiger partial charge in [-0.3, -0.25) is 9.36 Å². The molecule has 5 rings (SSSR count). The summed E-state index contributed by atoms with van der Waals surface area (Å²) in [6, 6.07) is 7.96. The van der Waals surface area contributed by atoms with E-state index < -0.39 is 12.0 Å². The van der Waals surface area contributed by atoms with Crippen LogP contribution in [0.5, 0.6) is 11.5 Å². The Morgan fingerprint density at radius 1 is 1.22 bits per heavy atom. The van der Waals surface area contributed by atoms with Crippen LogP contribution in [0.4, 0.5) is 0 Å². The molecule has 0 spiro atoms. The van der Waals surface area contributed by atoms with E-state index >= 15 is 0 Å². The second-order valence-corrected chi connectivity index (χ2v) is 11.6. The van der Waals surface area contributed by atoms with Crippen molar-refractivity contribution in [3.05, 3.63) is 89.0 Å². The van der Waals surface area contributed by atoms with Crippen molar-refractivity contribution in [2.24, 2.45) is 4.99 Å². The Hall–Kier alpha value is -3.68. The number of carbonyl (C=O) groups is 1. The maximum Gasteiger partial charge on any atom is 0.338 e. The number of thiazole rings is 1. The molecular weight excluding hydrogens is 632 g/mol. The van der Waals surface area contributed by atoms with Gasteiger partial charge in [-0.1, -0.05) is 11.3 Å². The van der Waals surface area contributed by atoms with Gasteiger partial charge in [0, 0.05) is 23.5 Å². The van der Waals surface area contributed by atoms with Crippen molar-refractivity contribution in [3.63, 3.8) is 0 Å². The maximum atomic E-state index is 14.0. The molecule has 0 aliphatic carbocycles. The number of allylic oxidation sites excluding steroid dienone is 1. The monoisotopic (exact) mass is 656 g/mol. The van der Waals surface area contributed by atoms with E-state index in [9.17, 15) is 9.59 Å². The molecule has 0 amide bonds. The van der Waals surface area contributed by atoms with E-state index in [1.165, 1.54) is 34.8 Å². The summed E-state index contributed by atoms with van der Waals surface area (Å²) in [6.07, 6.45) is 3.34. The molecule has 1 aliphatic rings. The van der Waals surface area contributed by atoms with Gasteiger partial charge in [-0.05, 0) is 78.8 Å². The van der Waals surface area contributed by atoms with Crippen LogP contribution in [0.3, 0.4) is 0 Å². The topological polar surface area (TPSA) is 118 Å². The highest BCUT2D eigenvalue weighted by atomic mass is 79.9. The van der Waals surface area contributed by atoms with Gasteiger partial charge in [0.25, 0.3) is 5.56 Å². The number of furan rings is 1. The first-order valence-corrected chi connectivity index (χ1v) is 14.8. The Labute approximate surface area is 251 Å². The SMILES string of the molecule is CCOC(=O)C1=C(C)N=c2s/c(=C/c3cc(Br)c(Sc4nccc(C)n4)o3)c(=O)n2[C@H]1c1cc(OC)ccc1OC. The van der Waals surface area contributed by atoms with Gasteiger partial charge < -0.3 is 18.6 Å². The molecule has 3 aromatic heterocycles. The van der Waals surface area contributed by atoms with Gasteiger partial charge in [0.2, 0.25) is 0 Å². The number of fused-ring (bicyclic) bond motifs is 1. The molecule has 1 atom stereocenters. The van der Waals surface area contributed by atoms with Gasteiger partial charge in [0.15, 0.2) is 15.1 Å². The number of methoxy groups -OCH3 is 2. The number of ether oxygens (including phenoxy) is 3. The smallest absolute Gasteiger partial charge is 0.338 e. The average molecular weight is 658 g/mol. The molecule has 0 unspecified atom stereocenters. The summed E-state index contributed by atoms with van der Waals surface area (Å²) >= 11 is 5.99. The fourth-order valence-corrected chi connectivity index (χ4v) is 6.68. The Balaban J connectivity index is 1.65. The molecule has 10 nitrogen and oxygen atoms in total. The molecule has 0 N–H and O–H groups in total. The summed E-state index contributed by atoms with van der Waals surface area (Å²) < 4.78 is 25.1. The quantitative estimate of drug-likeness (QED) is 0.201. The van der Waals surface area contributed by atoms with Gasteiger partial charge in [0.1, 0.15) is 23.3 Å². The van der Waals surface area contributed by atoms with Crippen LogP contribution in [0.25, 0.3) is 6.08 Å². The van der Waals surface area contributed by atoms with Crippen LogP contribution in [-0.2, 0) is 9.53 Å². The second kappa shape index (κ2) is 12.0. The number of hydrogen-bond donors (Lipinski definition) is 0. The summed E-state index contributed by atoms with van der Waals surface area (Å²) in [5, 5.41) is 1.09. The number of rotatable bonds is 8. The number of hydrogen-bond acceptors (Lipinski definition) is 11. The Kier molecular flexibility index (Phi) is 8.47. The fraction of sp³-hybridized carbons (Fsp3) is 0.250. The van der Waals surface area contributed by atoms with E-state index in [1.54, 1.807) is 57.5 Å². The van der Waals surface area contributed by atoms with Crippen LogP contribution < -0.4 is 24.4 Å². The lowest BCUT2D eigenvalue weighted by Crippen LogP contribution is -2.40. The highest BCUT2D eigenvalue weighted by Crippen LogP contribution is 2.38. The molecule has 13 heteroatoms. The number of esters is 1. The minimum Gasteiger partial charge on any atom is -0.497 e. The van der Waals surface area contributed by atoms with Crippen LogP contribution >= 0.6 is 39.0 Å². The largest absolute Gasteiger partial charge is 0.497 e. The summed E-state index contributed by atoms with van der Waals surface area (Å²) in [5.74, 6) is 0.919. The van der Waals surface area contributed by atoms with E-state index in [1.807, 2.05) is 13.0 Å². The molecule has 41 heavy (non-hydrogen) atoms. The van der Waals surface area contributed by atoms with E-state index in [-0.39, 0.29) is 17.7 Å². The minimum atomic E-state index is -0.856. The average Bonchev–Trinajstić information content (AvgIpc) is 3.44. The lowest BCUT2D eigenvalue weighted by atomic mass is 9.95. The third kappa shape index (κ3) is 5.74. The number of halogens is 1.